The lowest BCUT2D eigenvalue weighted by molar-refractivity contribution is -0.385. The van der Waals surface area contributed by atoms with Gasteiger partial charge in [0.25, 0.3) is 5.69 Å². The second kappa shape index (κ2) is 5.95. The lowest BCUT2D eigenvalue weighted by atomic mass is 10.1. The SMILES string of the molecule is COC(=O)[C@H](C)NCc1ccccc1[N+](=O)[O-]. The van der Waals surface area contributed by atoms with E-state index < -0.39 is 16.9 Å². The summed E-state index contributed by atoms with van der Waals surface area (Å²) >= 11 is 0. The van der Waals surface area contributed by atoms with Crippen molar-refractivity contribution in [3.05, 3.63) is 39.9 Å². The molecule has 0 saturated heterocycles. The number of nitro groups is 1. The number of para-hydroxylation sites is 1. The topological polar surface area (TPSA) is 81.5 Å². The van der Waals surface area contributed by atoms with Gasteiger partial charge in [0.2, 0.25) is 0 Å². The summed E-state index contributed by atoms with van der Waals surface area (Å²) in [6.07, 6.45) is 0. The largest absolute Gasteiger partial charge is 0.468 e. The van der Waals surface area contributed by atoms with E-state index in [1.165, 1.54) is 13.2 Å². The van der Waals surface area contributed by atoms with Gasteiger partial charge in [-0.1, -0.05) is 18.2 Å². The summed E-state index contributed by atoms with van der Waals surface area (Å²) in [6.45, 7) is 1.88. The van der Waals surface area contributed by atoms with Crippen LogP contribution in [0.1, 0.15) is 12.5 Å². The quantitative estimate of drug-likeness (QED) is 0.474. The fraction of sp³-hybridized carbons (Fsp3) is 0.364. The van der Waals surface area contributed by atoms with Crippen molar-refractivity contribution in [1.82, 2.24) is 5.32 Å². The zero-order valence-electron chi connectivity index (χ0n) is 9.67. The van der Waals surface area contributed by atoms with Crippen LogP contribution in [-0.2, 0) is 16.1 Å². The molecule has 1 aromatic rings. The molecule has 92 valence electrons. The minimum Gasteiger partial charge on any atom is -0.468 e. The minimum absolute atomic E-state index is 0.0389. The maximum Gasteiger partial charge on any atom is 0.322 e. The number of carbonyl (C=O) groups excluding carboxylic acids is 1. The van der Waals surface area contributed by atoms with Crippen LogP contribution in [0, 0.1) is 10.1 Å². The second-order valence-corrected chi connectivity index (χ2v) is 3.51. The molecule has 1 atom stereocenters. The molecule has 6 heteroatoms. The Kier molecular flexibility index (Phi) is 4.59. The normalized spacial score (nSPS) is 11.9. The van der Waals surface area contributed by atoms with Gasteiger partial charge < -0.3 is 10.1 Å². The summed E-state index contributed by atoms with van der Waals surface area (Å²) in [5, 5.41) is 13.6. The lowest BCUT2D eigenvalue weighted by Crippen LogP contribution is -2.34. The van der Waals surface area contributed by atoms with Gasteiger partial charge in [0.05, 0.1) is 12.0 Å². The monoisotopic (exact) mass is 238 g/mol. The third-order valence-corrected chi connectivity index (χ3v) is 2.34. The first-order valence-corrected chi connectivity index (χ1v) is 5.09. The number of esters is 1. The Hall–Kier alpha value is -1.95. The van der Waals surface area contributed by atoms with Crippen molar-refractivity contribution in [1.29, 1.82) is 0 Å². The van der Waals surface area contributed by atoms with Crippen molar-refractivity contribution in [2.45, 2.75) is 19.5 Å². The fourth-order valence-electron chi connectivity index (χ4n) is 1.36. The molecule has 6 nitrogen and oxygen atoms in total. The van der Waals surface area contributed by atoms with Gasteiger partial charge in [-0.3, -0.25) is 14.9 Å². The number of carbonyl (C=O) groups is 1. The van der Waals surface area contributed by atoms with Crippen molar-refractivity contribution in [2.24, 2.45) is 0 Å². The second-order valence-electron chi connectivity index (χ2n) is 3.51. The van der Waals surface area contributed by atoms with E-state index >= 15 is 0 Å². The summed E-state index contributed by atoms with van der Waals surface area (Å²) in [6, 6.07) is 5.90. The van der Waals surface area contributed by atoms with Gasteiger partial charge in [-0.15, -0.1) is 0 Å². The molecule has 0 aliphatic carbocycles. The Labute approximate surface area is 98.7 Å². The van der Waals surface area contributed by atoms with E-state index in [1.54, 1.807) is 25.1 Å². The molecule has 0 fully saturated rings. The minimum atomic E-state index is -0.500. The van der Waals surface area contributed by atoms with E-state index in [1.807, 2.05) is 0 Å². The van der Waals surface area contributed by atoms with Gasteiger partial charge in [-0.05, 0) is 6.92 Å². The molecule has 0 radical (unpaired) electrons. The first-order chi connectivity index (χ1) is 8.06. The number of nitro benzene ring substituents is 1. The molecular formula is C11H14N2O4. The number of rotatable bonds is 5. The fourth-order valence-corrected chi connectivity index (χ4v) is 1.36. The number of nitrogens with one attached hydrogen (secondary N) is 1. The van der Waals surface area contributed by atoms with Crippen LogP contribution in [0.3, 0.4) is 0 Å². The highest BCUT2D eigenvalue weighted by Crippen LogP contribution is 2.17. The summed E-state index contributed by atoms with van der Waals surface area (Å²) in [5.74, 6) is -0.399. The van der Waals surface area contributed by atoms with Gasteiger partial charge in [0.1, 0.15) is 6.04 Å². The molecule has 1 N–H and O–H groups in total. The Morgan fingerprint density at radius 2 is 2.18 bits per heavy atom. The third-order valence-electron chi connectivity index (χ3n) is 2.34. The van der Waals surface area contributed by atoms with Crippen molar-refractivity contribution >= 4 is 11.7 Å². The van der Waals surface area contributed by atoms with Gasteiger partial charge in [0, 0.05) is 18.2 Å². The maximum atomic E-state index is 11.1. The summed E-state index contributed by atoms with van der Waals surface area (Å²) in [4.78, 5) is 21.4. The molecular weight excluding hydrogens is 224 g/mol. The standard InChI is InChI=1S/C11H14N2O4/c1-8(11(14)17-2)12-7-9-5-3-4-6-10(9)13(15)16/h3-6,8,12H,7H2,1-2H3/t8-/m0/s1. The number of methoxy groups -OCH3 is 1. The highest BCUT2D eigenvalue weighted by molar-refractivity contribution is 5.75. The Morgan fingerprint density at radius 1 is 1.53 bits per heavy atom. The van der Waals surface area contributed by atoms with Crippen LogP contribution in [0.15, 0.2) is 24.3 Å². The molecule has 0 amide bonds. The third kappa shape index (κ3) is 3.53. The highest BCUT2D eigenvalue weighted by atomic mass is 16.6. The van der Waals surface area contributed by atoms with E-state index in [9.17, 15) is 14.9 Å². The average molecular weight is 238 g/mol. The van der Waals surface area contributed by atoms with Gasteiger partial charge in [-0.2, -0.15) is 0 Å². The van der Waals surface area contributed by atoms with E-state index in [4.69, 9.17) is 0 Å². The highest BCUT2D eigenvalue weighted by Gasteiger charge is 2.16. The van der Waals surface area contributed by atoms with Gasteiger partial charge >= 0.3 is 5.97 Å². The molecule has 17 heavy (non-hydrogen) atoms. The summed E-state index contributed by atoms with van der Waals surface area (Å²) in [7, 11) is 1.30. The molecule has 0 aliphatic heterocycles. The lowest BCUT2D eigenvalue weighted by Gasteiger charge is -2.11. The molecule has 0 aromatic heterocycles. The number of nitrogens with zero attached hydrogens (tertiary/aromatic N) is 1. The zero-order valence-corrected chi connectivity index (χ0v) is 9.67. The predicted octanol–water partition coefficient (Wildman–Crippen LogP) is 1.25. The van der Waals surface area contributed by atoms with Crippen LogP contribution in [0.5, 0.6) is 0 Å². The van der Waals surface area contributed by atoms with Crippen LogP contribution < -0.4 is 5.32 Å². The molecule has 0 aliphatic rings. The Balaban J connectivity index is 2.69. The molecule has 0 saturated carbocycles. The zero-order chi connectivity index (χ0) is 12.8. The van der Waals surface area contributed by atoms with Crippen molar-refractivity contribution in [3.8, 4) is 0 Å². The number of ether oxygens (including phenoxy) is 1. The molecule has 1 rings (SSSR count). The smallest absolute Gasteiger partial charge is 0.322 e. The number of hydrogen-bond acceptors (Lipinski definition) is 5. The summed E-state index contributed by atoms with van der Waals surface area (Å²) in [5.41, 5.74) is 0.574. The summed E-state index contributed by atoms with van der Waals surface area (Å²) < 4.78 is 4.54. The molecule has 0 unspecified atom stereocenters. The Morgan fingerprint density at radius 3 is 2.76 bits per heavy atom. The van der Waals surface area contributed by atoms with Crippen LogP contribution in [0.2, 0.25) is 0 Å². The Bertz CT molecular complexity index is 420. The van der Waals surface area contributed by atoms with E-state index in [0.717, 1.165) is 0 Å². The maximum absolute atomic E-state index is 11.1. The molecule has 0 bridgehead atoms. The predicted molar refractivity (Wildman–Crippen MR) is 61.4 cm³/mol. The number of hydrogen-bond donors (Lipinski definition) is 1. The van der Waals surface area contributed by atoms with Crippen LogP contribution in [0.4, 0.5) is 5.69 Å². The molecule has 0 spiro atoms. The van der Waals surface area contributed by atoms with Crippen molar-refractivity contribution in [2.75, 3.05) is 7.11 Å². The van der Waals surface area contributed by atoms with Crippen LogP contribution in [0.25, 0.3) is 0 Å². The van der Waals surface area contributed by atoms with E-state index in [0.29, 0.717) is 5.56 Å². The molecule has 1 aromatic carbocycles. The first-order valence-electron chi connectivity index (χ1n) is 5.09. The van der Waals surface area contributed by atoms with E-state index in [-0.39, 0.29) is 12.2 Å². The van der Waals surface area contributed by atoms with Crippen LogP contribution >= 0.6 is 0 Å². The van der Waals surface area contributed by atoms with Gasteiger partial charge in [-0.25, -0.2) is 0 Å². The van der Waals surface area contributed by atoms with Crippen LogP contribution in [-0.4, -0.2) is 24.0 Å². The molecule has 0 heterocycles. The first kappa shape index (κ1) is 13.1. The van der Waals surface area contributed by atoms with Crippen molar-refractivity contribution in [3.63, 3.8) is 0 Å². The van der Waals surface area contributed by atoms with Gasteiger partial charge in [0.15, 0.2) is 0 Å². The number of benzene rings is 1. The van der Waals surface area contributed by atoms with Crippen molar-refractivity contribution < 1.29 is 14.5 Å². The van der Waals surface area contributed by atoms with E-state index in [2.05, 4.69) is 10.1 Å². The average Bonchev–Trinajstić information content (AvgIpc) is 2.35.